The maximum Gasteiger partial charge on any atom is 0.228 e. The topological polar surface area (TPSA) is 55.1 Å². The Morgan fingerprint density at radius 2 is 1.92 bits per heavy atom. The fourth-order valence-electron chi connectivity index (χ4n) is 0.605. The fraction of sp³-hybridized carbons (Fsp3) is 0.222. The third-order valence-corrected chi connectivity index (χ3v) is 1.75. The first-order chi connectivity index (χ1) is 6.20. The predicted octanol–water partition coefficient (Wildman–Crippen LogP) is 1.59. The van der Waals surface area contributed by atoms with E-state index in [2.05, 4.69) is 27.0 Å². The van der Waals surface area contributed by atoms with Gasteiger partial charge < -0.3 is 11.1 Å². The van der Waals surface area contributed by atoms with Gasteiger partial charge in [-0.2, -0.15) is 0 Å². The highest BCUT2D eigenvalue weighted by molar-refractivity contribution is 9.09. The minimum absolute atomic E-state index is 0.257. The molecule has 0 aromatic heterocycles. The van der Waals surface area contributed by atoms with Gasteiger partial charge in [-0.25, -0.2) is 0 Å². The number of anilines is 1. The third kappa shape index (κ3) is 7.33. The Morgan fingerprint density at radius 3 is 2.15 bits per heavy atom. The Kier molecular flexibility index (Phi) is 7.01. The van der Waals surface area contributed by atoms with Gasteiger partial charge in [0.15, 0.2) is 0 Å². The molecule has 1 rings (SSSR count). The Morgan fingerprint density at radius 1 is 1.46 bits per heavy atom. The number of nitrogens with one attached hydrogen (secondary N) is 1. The number of hydrogen-bond donors (Lipinski definition) is 2. The number of amides is 1. The molecule has 13 heavy (non-hydrogen) atoms. The van der Waals surface area contributed by atoms with Crippen LogP contribution in [0.1, 0.15) is 0 Å². The van der Waals surface area contributed by atoms with Crippen LogP contribution in [0.25, 0.3) is 0 Å². The van der Waals surface area contributed by atoms with E-state index in [0.29, 0.717) is 0 Å². The first kappa shape index (κ1) is 12.0. The van der Waals surface area contributed by atoms with Crippen molar-refractivity contribution in [2.24, 2.45) is 5.73 Å². The molecule has 0 unspecified atom stereocenters. The number of nitrogens with two attached hydrogens (primary N) is 1. The molecule has 0 aliphatic carbocycles. The van der Waals surface area contributed by atoms with Crippen molar-refractivity contribution >= 4 is 27.5 Å². The van der Waals surface area contributed by atoms with Crippen LogP contribution in [0.15, 0.2) is 30.3 Å². The molecule has 0 bridgehead atoms. The van der Waals surface area contributed by atoms with E-state index in [9.17, 15) is 4.79 Å². The summed E-state index contributed by atoms with van der Waals surface area (Å²) in [6.07, 6.45) is 0. The Labute approximate surface area is 86.5 Å². The lowest BCUT2D eigenvalue weighted by Crippen LogP contribution is -2.10. The molecule has 1 aromatic rings. The van der Waals surface area contributed by atoms with Crippen molar-refractivity contribution in [1.29, 1.82) is 0 Å². The molecule has 1 amide bonds. The summed E-state index contributed by atoms with van der Waals surface area (Å²) >= 11 is 2.84. The van der Waals surface area contributed by atoms with E-state index in [4.69, 9.17) is 0 Å². The molecule has 4 heteroatoms. The lowest BCUT2D eigenvalue weighted by atomic mass is 10.3. The highest BCUT2D eigenvalue weighted by Gasteiger charge is 1.79. The minimum Gasteiger partial charge on any atom is -0.388 e. The van der Waals surface area contributed by atoms with E-state index in [1.54, 1.807) is 0 Å². The summed E-state index contributed by atoms with van der Waals surface area (Å²) in [4.78, 5) is 9.54. The zero-order chi connectivity index (χ0) is 10.1. The molecule has 0 atom stereocenters. The zero-order valence-electron chi connectivity index (χ0n) is 7.46. The van der Waals surface area contributed by atoms with E-state index < -0.39 is 0 Å². The van der Waals surface area contributed by atoms with Crippen molar-refractivity contribution in [1.82, 2.24) is 0 Å². The SMILES string of the molecule is CNc1ccccc1.NC(=O)CBr. The van der Waals surface area contributed by atoms with E-state index in [0.717, 1.165) is 5.69 Å². The van der Waals surface area contributed by atoms with Crippen molar-refractivity contribution in [3.05, 3.63) is 30.3 Å². The zero-order valence-corrected chi connectivity index (χ0v) is 9.04. The van der Waals surface area contributed by atoms with E-state index >= 15 is 0 Å². The van der Waals surface area contributed by atoms with Gasteiger partial charge in [-0.15, -0.1) is 0 Å². The average Bonchev–Trinajstić information content (AvgIpc) is 2.20. The maximum absolute atomic E-state index is 9.54. The number of alkyl halides is 1. The number of benzene rings is 1. The maximum atomic E-state index is 9.54. The summed E-state index contributed by atoms with van der Waals surface area (Å²) < 4.78 is 0. The molecule has 0 radical (unpaired) electrons. The Balaban J connectivity index is 0.000000252. The first-order valence-corrected chi connectivity index (χ1v) is 4.90. The summed E-state index contributed by atoms with van der Waals surface area (Å²) in [6, 6.07) is 10.1. The second-order valence-corrected chi connectivity index (χ2v) is 2.78. The normalized spacial score (nSPS) is 8.15. The molecular formula is C9H13BrN2O. The van der Waals surface area contributed by atoms with Gasteiger partial charge in [0.1, 0.15) is 0 Å². The number of carbonyl (C=O) groups excluding carboxylic acids is 1. The average molecular weight is 245 g/mol. The van der Waals surface area contributed by atoms with Crippen molar-refractivity contribution in [2.45, 2.75) is 0 Å². The second-order valence-electron chi connectivity index (χ2n) is 2.22. The van der Waals surface area contributed by atoms with Crippen LogP contribution < -0.4 is 11.1 Å². The molecule has 0 heterocycles. The highest BCUT2D eigenvalue weighted by Crippen LogP contribution is 2.01. The van der Waals surface area contributed by atoms with Gasteiger partial charge in [0.2, 0.25) is 5.91 Å². The van der Waals surface area contributed by atoms with Crippen LogP contribution in [0.4, 0.5) is 5.69 Å². The number of carbonyl (C=O) groups is 1. The molecule has 0 spiro atoms. The molecule has 0 aliphatic rings. The minimum atomic E-state index is -0.329. The number of primary amides is 1. The summed E-state index contributed by atoms with van der Waals surface area (Å²) in [5.41, 5.74) is 5.77. The predicted molar refractivity (Wildman–Crippen MR) is 59.0 cm³/mol. The van der Waals surface area contributed by atoms with Crippen LogP contribution in [-0.2, 0) is 4.79 Å². The van der Waals surface area contributed by atoms with Crippen LogP contribution in [-0.4, -0.2) is 18.3 Å². The van der Waals surface area contributed by atoms with Gasteiger partial charge in [-0.1, -0.05) is 34.1 Å². The number of hydrogen-bond acceptors (Lipinski definition) is 2. The van der Waals surface area contributed by atoms with Crippen molar-refractivity contribution in [3.63, 3.8) is 0 Å². The number of para-hydroxylation sites is 1. The molecule has 72 valence electrons. The van der Waals surface area contributed by atoms with Crippen LogP contribution in [0, 0.1) is 0 Å². The molecule has 3 nitrogen and oxygen atoms in total. The Hall–Kier alpha value is -1.03. The largest absolute Gasteiger partial charge is 0.388 e. The standard InChI is InChI=1S/C7H9N.C2H4BrNO/c1-8-7-5-3-2-4-6-7;3-1-2(4)5/h2-6,8H,1H3;1H2,(H2,4,5). The van der Waals surface area contributed by atoms with Gasteiger partial charge in [0, 0.05) is 12.7 Å². The molecule has 1 aromatic carbocycles. The van der Waals surface area contributed by atoms with Crippen LogP contribution in [0.5, 0.6) is 0 Å². The van der Waals surface area contributed by atoms with Gasteiger partial charge in [-0.3, -0.25) is 4.79 Å². The smallest absolute Gasteiger partial charge is 0.228 e. The summed E-state index contributed by atoms with van der Waals surface area (Å²) in [5, 5.41) is 3.28. The van der Waals surface area contributed by atoms with E-state index in [1.165, 1.54) is 0 Å². The molecule has 0 fully saturated rings. The third-order valence-electron chi connectivity index (χ3n) is 1.19. The molecular weight excluding hydrogens is 232 g/mol. The lowest BCUT2D eigenvalue weighted by Gasteiger charge is -1.94. The van der Waals surface area contributed by atoms with Crippen LogP contribution in [0.3, 0.4) is 0 Å². The summed E-state index contributed by atoms with van der Waals surface area (Å²) in [6.45, 7) is 0. The van der Waals surface area contributed by atoms with Crippen molar-refractivity contribution in [3.8, 4) is 0 Å². The van der Waals surface area contributed by atoms with Gasteiger partial charge in [-0.05, 0) is 12.1 Å². The highest BCUT2D eigenvalue weighted by atomic mass is 79.9. The molecule has 0 saturated carbocycles. The van der Waals surface area contributed by atoms with Gasteiger partial charge >= 0.3 is 0 Å². The molecule has 0 saturated heterocycles. The summed E-state index contributed by atoms with van der Waals surface area (Å²) in [7, 11) is 1.91. The molecule has 0 aliphatic heterocycles. The van der Waals surface area contributed by atoms with Crippen LogP contribution in [0.2, 0.25) is 0 Å². The monoisotopic (exact) mass is 244 g/mol. The second kappa shape index (κ2) is 7.61. The van der Waals surface area contributed by atoms with Gasteiger partial charge in [0.05, 0.1) is 5.33 Å². The summed E-state index contributed by atoms with van der Waals surface area (Å²) in [5.74, 6) is -0.329. The quantitative estimate of drug-likeness (QED) is 0.777. The lowest BCUT2D eigenvalue weighted by molar-refractivity contribution is -0.115. The van der Waals surface area contributed by atoms with Crippen LogP contribution >= 0.6 is 15.9 Å². The van der Waals surface area contributed by atoms with Crippen molar-refractivity contribution in [2.75, 3.05) is 17.7 Å². The Bertz CT molecular complexity index is 239. The van der Waals surface area contributed by atoms with E-state index in [-0.39, 0.29) is 11.2 Å². The van der Waals surface area contributed by atoms with Crippen molar-refractivity contribution < 1.29 is 4.79 Å². The van der Waals surface area contributed by atoms with E-state index in [1.807, 2.05) is 37.4 Å². The molecule has 3 N–H and O–H groups in total. The number of rotatable bonds is 2. The number of halogens is 1. The van der Waals surface area contributed by atoms with Gasteiger partial charge in [0.25, 0.3) is 0 Å². The fourth-order valence-corrected chi connectivity index (χ4v) is 0.605. The first-order valence-electron chi connectivity index (χ1n) is 3.77.